The van der Waals surface area contributed by atoms with Crippen molar-refractivity contribution in [1.82, 2.24) is 10.2 Å². The molecular weight excluding hydrogens is 492 g/mol. The van der Waals surface area contributed by atoms with Gasteiger partial charge in [0.1, 0.15) is 11.2 Å². The lowest BCUT2D eigenvalue weighted by Gasteiger charge is -2.26. The van der Waals surface area contributed by atoms with Crippen LogP contribution in [-0.2, 0) is 23.9 Å². The number of nitrogens with one attached hydrogen (secondary N) is 1. The quantitative estimate of drug-likeness (QED) is 0.0932. The second-order valence-corrected chi connectivity index (χ2v) is 12.5. The first-order valence-electron chi connectivity index (χ1n) is 15.2. The van der Waals surface area contributed by atoms with Gasteiger partial charge in [0, 0.05) is 25.9 Å². The maximum Gasteiger partial charge on any atom is 0.320 e. The predicted octanol–water partition coefficient (Wildman–Crippen LogP) is 6.57. The predicted molar refractivity (Wildman–Crippen MR) is 159 cm³/mol. The first kappa shape index (κ1) is 36.9. The third kappa shape index (κ3) is 27.3. The molecule has 0 unspecified atom stereocenters. The number of esters is 2. The Kier molecular flexibility index (Phi) is 20.6. The van der Waals surface area contributed by atoms with E-state index in [4.69, 9.17) is 15.9 Å². The fraction of sp³-hybridized carbons (Fsp3) is 0.844. The van der Waals surface area contributed by atoms with E-state index in [0.29, 0.717) is 25.9 Å². The van der Waals surface area contributed by atoms with Gasteiger partial charge in [0.25, 0.3) is 0 Å². The van der Waals surface area contributed by atoms with Gasteiger partial charge >= 0.3 is 11.9 Å². The van der Waals surface area contributed by atoms with Crippen molar-refractivity contribution in [1.29, 1.82) is 0 Å². The Balaban J connectivity index is 4.00. The molecule has 0 aromatic heterocycles. The van der Waals surface area contributed by atoms with E-state index >= 15 is 0 Å². The molecule has 39 heavy (non-hydrogen) atoms. The van der Waals surface area contributed by atoms with Crippen LogP contribution >= 0.6 is 0 Å². The van der Waals surface area contributed by atoms with Crippen molar-refractivity contribution in [3.05, 3.63) is 0 Å². The van der Waals surface area contributed by atoms with E-state index in [1.807, 2.05) is 41.5 Å². The zero-order chi connectivity index (χ0) is 29.6. The number of rotatable bonds is 22. The van der Waals surface area contributed by atoms with E-state index < -0.39 is 11.2 Å². The van der Waals surface area contributed by atoms with Gasteiger partial charge in [-0.15, -0.1) is 12.3 Å². The molecule has 0 fully saturated rings. The smallest absolute Gasteiger partial charge is 0.320 e. The molecule has 0 aliphatic rings. The molecule has 0 aliphatic heterocycles. The molecule has 0 aromatic carbocycles. The molecule has 0 aliphatic carbocycles. The van der Waals surface area contributed by atoms with Crippen LogP contribution in [0.3, 0.4) is 0 Å². The zero-order valence-corrected chi connectivity index (χ0v) is 26.0. The number of carbonyl (C=O) groups excluding carboxylic acids is 3. The summed E-state index contributed by atoms with van der Waals surface area (Å²) in [5.74, 6) is 1.98. The van der Waals surface area contributed by atoms with Crippen LogP contribution in [0.5, 0.6) is 0 Å². The number of ether oxygens (including phenoxy) is 2. The highest BCUT2D eigenvalue weighted by Crippen LogP contribution is 2.13. The highest BCUT2D eigenvalue weighted by atomic mass is 16.6. The third-order valence-corrected chi connectivity index (χ3v) is 5.99. The summed E-state index contributed by atoms with van der Waals surface area (Å²) < 4.78 is 10.8. The monoisotopic (exact) mass is 550 g/mol. The van der Waals surface area contributed by atoms with Gasteiger partial charge in [-0.05, 0) is 60.8 Å². The molecule has 0 atom stereocenters. The van der Waals surface area contributed by atoms with Crippen LogP contribution in [0.2, 0.25) is 0 Å². The van der Waals surface area contributed by atoms with E-state index in [1.54, 1.807) is 4.90 Å². The highest BCUT2D eigenvalue weighted by molar-refractivity contribution is 5.76. The minimum Gasteiger partial charge on any atom is -0.459 e. The van der Waals surface area contributed by atoms with Gasteiger partial charge < -0.3 is 14.8 Å². The molecule has 226 valence electrons. The van der Waals surface area contributed by atoms with Crippen molar-refractivity contribution in [3.63, 3.8) is 0 Å². The van der Waals surface area contributed by atoms with Crippen molar-refractivity contribution in [2.24, 2.45) is 0 Å². The minimum atomic E-state index is -0.592. The first-order valence-corrected chi connectivity index (χ1v) is 15.2. The maximum absolute atomic E-state index is 12.3. The zero-order valence-electron chi connectivity index (χ0n) is 26.0. The Morgan fingerprint density at radius 1 is 0.667 bits per heavy atom. The largest absolute Gasteiger partial charge is 0.459 e. The second kappa shape index (κ2) is 21.7. The van der Waals surface area contributed by atoms with Gasteiger partial charge in [0.2, 0.25) is 5.91 Å². The second-order valence-electron chi connectivity index (χ2n) is 12.5. The fourth-order valence-electron chi connectivity index (χ4n) is 4.23. The van der Waals surface area contributed by atoms with Crippen LogP contribution in [0.1, 0.15) is 138 Å². The van der Waals surface area contributed by atoms with E-state index in [-0.39, 0.29) is 30.9 Å². The lowest BCUT2D eigenvalue weighted by atomic mass is 10.0. The number of nitrogens with zero attached hydrogens (tertiary/aromatic N) is 1. The number of terminal acetylenes is 1. The molecule has 1 amide bonds. The van der Waals surface area contributed by atoms with Gasteiger partial charge in [-0.1, -0.05) is 64.2 Å². The summed E-state index contributed by atoms with van der Waals surface area (Å²) in [6, 6.07) is 0. The molecule has 0 bridgehead atoms. The highest BCUT2D eigenvalue weighted by Gasteiger charge is 2.23. The number of unbranched alkanes of at least 4 members (excludes halogenated alkanes) is 12. The third-order valence-electron chi connectivity index (χ3n) is 5.99. The molecule has 1 N–H and O–H groups in total. The Morgan fingerprint density at radius 2 is 1.08 bits per heavy atom. The average molecular weight is 551 g/mol. The summed E-state index contributed by atoms with van der Waals surface area (Å²) in [6.07, 6.45) is 22.1. The van der Waals surface area contributed by atoms with Crippen LogP contribution in [-0.4, -0.2) is 60.1 Å². The first-order chi connectivity index (χ1) is 18.3. The number of hydrogen-bond donors (Lipinski definition) is 1. The van der Waals surface area contributed by atoms with Crippen LogP contribution in [0.25, 0.3) is 0 Å². The number of amides is 1. The summed E-state index contributed by atoms with van der Waals surface area (Å²) in [5.41, 5.74) is -1.18. The summed E-state index contributed by atoms with van der Waals surface area (Å²) in [5, 5.41) is 2.96. The van der Waals surface area contributed by atoms with Crippen LogP contribution in [0, 0.1) is 12.3 Å². The molecule has 0 saturated carbocycles. The van der Waals surface area contributed by atoms with Crippen LogP contribution < -0.4 is 5.32 Å². The Morgan fingerprint density at radius 3 is 1.49 bits per heavy atom. The Bertz CT molecular complexity index is 686. The maximum atomic E-state index is 12.3. The molecule has 0 aromatic rings. The van der Waals surface area contributed by atoms with E-state index in [9.17, 15) is 14.4 Å². The van der Waals surface area contributed by atoms with Gasteiger partial charge in [-0.25, -0.2) is 0 Å². The van der Waals surface area contributed by atoms with Gasteiger partial charge in [0.05, 0.1) is 13.1 Å². The molecule has 0 rings (SSSR count). The standard InChI is InChI=1S/C32H58N2O5/c1-8-9-10-11-12-13-14-15-16-17-18-19-20-21-23-28(35)33-24-22-25-34(26-29(36)38-31(2,3)4)27-30(37)39-32(5,6)7/h1H,9-27H2,2-7H3,(H,33,35). The molecule has 7 heteroatoms. The van der Waals surface area contributed by atoms with Gasteiger partial charge in [-0.2, -0.15) is 0 Å². The number of hydrogen-bond acceptors (Lipinski definition) is 6. The summed E-state index contributed by atoms with van der Waals surface area (Å²) >= 11 is 0. The van der Waals surface area contributed by atoms with Gasteiger partial charge in [0.15, 0.2) is 0 Å². The lowest BCUT2D eigenvalue weighted by molar-refractivity contribution is -0.160. The van der Waals surface area contributed by atoms with Crippen molar-refractivity contribution in [3.8, 4) is 12.3 Å². The van der Waals surface area contributed by atoms with Gasteiger partial charge in [-0.3, -0.25) is 19.3 Å². The van der Waals surface area contributed by atoms with E-state index in [0.717, 1.165) is 19.3 Å². The van der Waals surface area contributed by atoms with Crippen LogP contribution in [0.15, 0.2) is 0 Å². The summed E-state index contributed by atoms with van der Waals surface area (Å²) in [4.78, 5) is 38.5. The molecule has 0 heterocycles. The van der Waals surface area contributed by atoms with Crippen molar-refractivity contribution in [2.75, 3.05) is 26.2 Å². The van der Waals surface area contributed by atoms with Crippen molar-refractivity contribution >= 4 is 17.8 Å². The molecule has 0 saturated heterocycles. The molecule has 0 spiro atoms. The van der Waals surface area contributed by atoms with Crippen LogP contribution in [0.4, 0.5) is 0 Å². The van der Waals surface area contributed by atoms with E-state index in [1.165, 1.54) is 64.2 Å². The lowest BCUT2D eigenvalue weighted by Crippen LogP contribution is -2.41. The Hall–Kier alpha value is -2.07. The Labute approximate surface area is 239 Å². The molecule has 7 nitrogen and oxygen atoms in total. The average Bonchev–Trinajstić information content (AvgIpc) is 2.79. The minimum absolute atomic E-state index is 0.00237. The topological polar surface area (TPSA) is 84.9 Å². The summed E-state index contributed by atoms with van der Waals surface area (Å²) in [6.45, 7) is 11.8. The number of carbonyl (C=O) groups is 3. The van der Waals surface area contributed by atoms with Crippen molar-refractivity contribution < 1.29 is 23.9 Å². The van der Waals surface area contributed by atoms with Crippen molar-refractivity contribution in [2.45, 2.75) is 149 Å². The SMILES string of the molecule is C#CCCCCCCCCCCCCCCC(=O)NCCCN(CC(=O)OC(C)(C)C)CC(=O)OC(C)(C)C. The fourth-order valence-corrected chi connectivity index (χ4v) is 4.23. The molecule has 0 radical (unpaired) electrons. The molecular formula is C32H58N2O5. The summed E-state index contributed by atoms with van der Waals surface area (Å²) in [7, 11) is 0. The van der Waals surface area contributed by atoms with E-state index in [2.05, 4.69) is 11.2 Å². The normalized spacial score (nSPS) is 11.7.